The average molecular weight is 399 g/mol. The third-order valence-corrected chi connectivity index (χ3v) is 3.73. The molecule has 0 fully saturated rings. The molecule has 0 aliphatic heterocycles. The summed E-state index contributed by atoms with van der Waals surface area (Å²) in [6.07, 6.45) is -4.16. The second-order valence-electron chi connectivity index (χ2n) is 5.75. The summed E-state index contributed by atoms with van der Waals surface area (Å²) >= 11 is 0. The van der Waals surface area contributed by atoms with E-state index >= 15 is 0 Å². The van der Waals surface area contributed by atoms with E-state index in [4.69, 9.17) is 10.5 Å². The first-order valence-electron chi connectivity index (χ1n) is 8.06. The molecule has 0 bridgehead atoms. The zero-order chi connectivity index (χ0) is 21.1. The summed E-state index contributed by atoms with van der Waals surface area (Å²) in [5.41, 5.74) is 1.84. The quantitative estimate of drug-likeness (QED) is 0.562. The van der Waals surface area contributed by atoms with Crippen LogP contribution in [0.5, 0.6) is 0 Å². The molecule has 2 rings (SSSR count). The van der Waals surface area contributed by atoms with E-state index in [0.717, 1.165) is 22.8 Å². The lowest BCUT2D eigenvalue weighted by Gasteiger charge is -2.11. The number of anilines is 1. The molecule has 0 unspecified atom stereocenters. The lowest BCUT2D eigenvalue weighted by atomic mass is 10.1. The number of nitrogens with two attached hydrogens (primary N) is 1. The molecule has 1 aromatic carbocycles. The number of ether oxygens (including phenoxy) is 1. The van der Waals surface area contributed by atoms with E-state index in [1.807, 2.05) is 4.98 Å². The Bertz CT molecular complexity index is 1020. The second kappa shape index (κ2) is 8.11. The Labute approximate surface area is 155 Å². The fraction of sp³-hybridized carbons (Fsp3) is 0.294. The third-order valence-electron chi connectivity index (χ3n) is 3.73. The van der Waals surface area contributed by atoms with Gasteiger partial charge >= 0.3 is 17.8 Å². The highest BCUT2D eigenvalue weighted by Crippen LogP contribution is 2.29. The topological polar surface area (TPSA) is 124 Å². The van der Waals surface area contributed by atoms with Gasteiger partial charge in [0.2, 0.25) is 5.78 Å². The number of Topliss-reactive ketones (excluding diaryl/α,β-unsaturated/α-hetero) is 1. The first-order valence-corrected chi connectivity index (χ1v) is 8.06. The van der Waals surface area contributed by atoms with Gasteiger partial charge < -0.3 is 10.5 Å². The van der Waals surface area contributed by atoms with Crippen molar-refractivity contribution in [1.29, 1.82) is 0 Å². The van der Waals surface area contributed by atoms with Gasteiger partial charge in [0, 0.05) is 6.54 Å². The maximum Gasteiger partial charge on any atom is 0.416 e. The predicted molar refractivity (Wildman–Crippen MR) is 92.1 cm³/mol. The zero-order valence-corrected chi connectivity index (χ0v) is 14.6. The molecule has 0 saturated heterocycles. The van der Waals surface area contributed by atoms with Gasteiger partial charge in [-0.3, -0.25) is 19.1 Å². The number of nitrogen functional groups attached to an aromatic ring is 1. The van der Waals surface area contributed by atoms with Crippen molar-refractivity contribution in [1.82, 2.24) is 9.55 Å². The van der Waals surface area contributed by atoms with E-state index in [-0.39, 0.29) is 12.4 Å². The molecule has 1 heterocycles. The van der Waals surface area contributed by atoms with Crippen LogP contribution in [0.1, 0.15) is 39.6 Å². The molecule has 150 valence electrons. The summed E-state index contributed by atoms with van der Waals surface area (Å²) in [6.45, 7) is 0.952. The molecule has 0 aliphatic rings. The number of ketones is 1. The van der Waals surface area contributed by atoms with E-state index in [0.29, 0.717) is 12.5 Å². The Morgan fingerprint density at radius 1 is 1.25 bits per heavy atom. The van der Waals surface area contributed by atoms with Crippen LogP contribution < -0.4 is 17.0 Å². The lowest BCUT2D eigenvalue weighted by molar-refractivity contribution is -0.137. The maximum absolute atomic E-state index is 12.7. The number of aromatic nitrogens is 2. The molecule has 8 nitrogen and oxygen atoms in total. The predicted octanol–water partition coefficient (Wildman–Crippen LogP) is 1.59. The SMILES string of the molecule is CCCn1c(N)c(C(=O)COC(=O)c2cccc(C(F)(F)F)c2)c(=O)[nH]c1=O. The average Bonchev–Trinajstić information content (AvgIpc) is 2.62. The molecular weight excluding hydrogens is 383 g/mol. The van der Waals surface area contributed by atoms with Crippen LogP contribution in [-0.4, -0.2) is 27.9 Å². The molecule has 0 atom stereocenters. The molecular formula is C17H16F3N3O5. The van der Waals surface area contributed by atoms with Gasteiger partial charge in [-0.1, -0.05) is 13.0 Å². The highest BCUT2D eigenvalue weighted by atomic mass is 19.4. The summed E-state index contributed by atoms with van der Waals surface area (Å²) in [5.74, 6) is -2.56. The van der Waals surface area contributed by atoms with Gasteiger partial charge in [-0.25, -0.2) is 9.59 Å². The number of carbonyl (C=O) groups is 2. The molecule has 0 aliphatic carbocycles. The fourth-order valence-electron chi connectivity index (χ4n) is 2.41. The number of hydrogen-bond acceptors (Lipinski definition) is 6. The number of H-pyrrole nitrogens is 1. The number of alkyl halides is 3. The van der Waals surface area contributed by atoms with E-state index in [1.165, 1.54) is 0 Å². The molecule has 0 saturated carbocycles. The van der Waals surface area contributed by atoms with Gasteiger partial charge in [0.25, 0.3) is 5.56 Å². The van der Waals surface area contributed by atoms with Gasteiger partial charge in [-0.05, 0) is 24.6 Å². The fourth-order valence-corrected chi connectivity index (χ4v) is 2.41. The number of nitrogens with zero attached hydrogens (tertiary/aromatic N) is 1. The van der Waals surface area contributed by atoms with Gasteiger partial charge in [0.15, 0.2) is 6.61 Å². The Morgan fingerprint density at radius 2 is 1.93 bits per heavy atom. The van der Waals surface area contributed by atoms with Gasteiger partial charge in [0.1, 0.15) is 11.4 Å². The van der Waals surface area contributed by atoms with Gasteiger partial charge in [-0.2, -0.15) is 13.2 Å². The number of aromatic amines is 1. The first kappa shape index (κ1) is 20.9. The normalized spacial score (nSPS) is 11.3. The summed E-state index contributed by atoms with van der Waals surface area (Å²) in [5, 5.41) is 0. The van der Waals surface area contributed by atoms with Crippen LogP contribution >= 0.6 is 0 Å². The van der Waals surface area contributed by atoms with Crippen LogP contribution in [0, 0.1) is 0 Å². The molecule has 1 aromatic heterocycles. The molecule has 3 N–H and O–H groups in total. The second-order valence-corrected chi connectivity index (χ2v) is 5.75. The van der Waals surface area contributed by atoms with Crippen LogP contribution in [0.3, 0.4) is 0 Å². The van der Waals surface area contributed by atoms with Crippen molar-refractivity contribution in [2.24, 2.45) is 0 Å². The number of benzene rings is 1. The van der Waals surface area contributed by atoms with E-state index in [2.05, 4.69) is 0 Å². The minimum Gasteiger partial charge on any atom is -0.454 e. The van der Waals surface area contributed by atoms with Crippen molar-refractivity contribution in [3.8, 4) is 0 Å². The van der Waals surface area contributed by atoms with Crippen molar-refractivity contribution in [2.45, 2.75) is 26.1 Å². The molecule has 0 radical (unpaired) electrons. The Hall–Kier alpha value is -3.37. The molecule has 11 heteroatoms. The van der Waals surface area contributed by atoms with Gasteiger partial charge in [-0.15, -0.1) is 0 Å². The summed E-state index contributed by atoms with van der Waals surface area (Å²) < 4.78 is 43.8. The Balaban J connectivity index is 2.21. The standard InChI is InChI=1S/C17H16F3N3O5/c1-2-6-23-13(21)12(14(25)22-16(23)27)11(24)8-28-15(26)9-4-3-5-10(7-9)17(18,19)20/h3-5,7H,2,6,8,21H2,1H3,(H,22,25,27). The number of hydrogen-bond donors (Lipinski definition) is 2. The highest BCUT2D eigenvalue weighted by Gasteiger charge is 2.31. The van der Waals surface area contributed by atoms with Crippen molar-refractivity contribution < 1.29 is 27.5 Å². The highest BCUT2D eigenvalue weighted by molar-refractivity contribution is 6.02. The summed E-state index contributed by atoms with van der Waals surface area (Å²) in [6, 6.07) is 3.46. The zero-order valence-electron chi connectivity index (χ0n) is 14.6. The first-order chi connectivity index (χ1) is 13.1. The van der Waals surface area contributed by atoms with E-state index in [9.17, 15) is 32.3 Å². The number of rotatable bonds is 6. The monoisotopic (exact) mass is 399 g/mol. The largest absolute Gasteiger partial charge is 0.454 e. The summed E-state index contributed by atoms with van der Waals surface area (Å²) in [4.78, 5) is 49.7. The van der Waals surface area contributed by atoms with E-state index < -0.39 is 52.5 Å². The van der Waals surface area contributed by atoms with E-state index in [1.54, 1.807) is 6.92 Å². The number of nitrogens with one attached hydrogen (secondary N) is 1. The molecule has 0 spiro atoms. The minimum absolute atomic E-state index is 0.145. The number of halogens is 3. The van der Waals surface area contributed by atoms with Crippen LogP contribution in [0.25, 0.3) is 0 Å². The minimum atomic E-state index is -4.65. The number of esters is 1. The lowest BCUT2D eigenvalue weighted by Crippen LogP contribution is -2.37. The Morgan fingerprint density at radius 3 is 2.54 bits per heavy atom. The molecule has 28 heavy (non-hydrogen) atoms. The third kappa shape index (κ3) is 4.48. The van der Waals surface area contributed by atoms with Crippen molar-refractivity contribution in [3.63, 3.8) is 0 Å². The Kier molecular flexibility index (Phi) is 6.06. The van der Waals surface area contributed by atoms with Crippen molar-refractivity contribution in [2.75, 3.05) is 12.3 Å². The van der Waals surface area contributed by atoms with Crippen LogP contribution in [0.2, 0.25) is 0 Å². The van der Waals surface area contributed by atoms with Gasteiger partial charge in [0.05, 0.1) is 11.1 Å². The smallest absolute Gasteiger partial charge is 0.416 e. The number of carbonyl (C=O) groups excluding carboxylic acids is 2. The van der Waals surface area contributed by atoms with Crippen LogP contribution in [-0.2, 0) is 17.5 Å². The van der Waals surface area contributed by atoms with Crippen LogP contribution in [0.4, 0.5) is 19.0 Å². The summed E-state index contributed by atoms with van der Waals surface area (Å²) in [7, 11) is 0. The van der Waals surface area contributed by atoms with Crippen LogP contribution in [0.15, 0.2) is 33.9 Å². The molecule has 2 aromatic rings. The maximum atomic E-state index is 12.7. The molecule has 0 amide bonds. The van der Waals surface area contributed by atoms with Crippen molar-refractivity contribution in [3.05, 3.63) is 61.8 Å². The van der Waals surface area contributed by atoms with Crippen molar-refractivity contribution >= 4 is 17.6 Å².